The normalized spacial score (nSPS) is 11.6. The van der Waals surface area contributed by atoms with Crippen LogP contribution in [0.4, 0.5) is 0 Å². The average Bonchev–Trinajstić information content (AvgIpc) is 2.45. The summed E-state index contributed by atoms with van der Waals surface area (Å²) in [5, 5.41) is 0. The molecule has 0 aromatic heterocycles. The van der Waals surface area contributed by atoms with Crippen molar-refractivity contribution >= 4 is 47.8 Å². The Bertz CT molecular complexity index is 670. The number of hydrogen-bond donors (Lipinski definition) is 1. The van der Waals surface area contributed by atoms with Gasteiger partial charge in [0.05, 0.1) is 16.1 Å². The fourth-order valence-corrected chi connectivity index (χ4v) is 4.75. The summed E-state index contributed by atoms with van der Waals surface area (Å²) in [6.07, 6.45) is 0.822. The van der Waals surface area contributed by atoms with Crippen molar-refractivity contribution < 1.29 is 14.9 Å². The van der Waals surface area contributed by atoms with Gasteiger partial charge in [0.1, 0.15) is 18.1 Å². The van der Waals surface area contributed by atoms with Crippen molar-refractivity contribution in [1.29, 1.82) is 0 Å². The number of ether oxygens (including phenoxy) is 2. The maximum atomic E-state index is 5.99. The number of halogens is 3. The van der Waals surface area contributed by atoms with Gasteiger partial charge in [-0.1, -0.05) is 22.0 Å². The first-order valence-electron chi connectivity index (χ1n) is 7.09. The van der Waals surface area contributed by atoms with Crippen LogP contribution in [0.15, 0.2) is 43.7 Å². The topological polar surface area (TPSA) is 76.0 Å². The molecule has 0 saturated heterocycles. The van der Waals surface area contributed by atoms with Gasteiger partial charge < -0.3 is 20.7 Å². The third-order valence-corrected chi connectivity index (χ3v) is 4.87. The van der Waals surface area contributed by atoms with Gasteiger partial charge in [-0.2, -0.15) is 0 Å². The number of nitrogens with two attached hydrogens (primary N) is 1. The van der Waals surface area contributed by atoms with E-state index in [1.807, 2.05) is 31.2 Å². The zero-order valence-electron chi connectivity index (χ0n) is 13.4. The number of methoxy groups -OCH3 is 1. The summed E-state index contributed by atoms with van der Waals surface area (Å²) in [6, 6.07) is 10.1. The van der Waals surface area contributed by atoms with Crippen LogP contribution in [-0.2, 0) is 13.0 Å². The monoisotopic (exact) mass is 523 g/mol. The molecule has 4 nitrogen and oxygen atoms in total. The first kappa shape index (κ1) is 21.4. The SMILES string of the molecule is COc1ccc(CC(C)N)cc1COc1c(Br)cc(Br)cc1Br.O. The molecule has 1 atom stereocenters. The van der Waals surface area contributed by atoms with E-state index in [0.29, 0.717) is 6.61 Å². The number of rotatable bonds is 6. The number of benzene rings is 2. The summed E-state index contributed by atoms with van der Waals surface area (Å²) < 4.78 is 14.1. The molecule has 0 saturated carbocycles. The smallest absolute Gasteiger partial charge is 0.148 e. The molecule has 1 unspecified atom stereocenters. The highest BCUT2D eigenvalue weighted by Crippen LogP contribution is 2.37. The highest BCUT2D eigenvalue weighted by atomic mass is 79.9. The lowest BCUT2D eigenvalue weighted by Gasteiger charge is -2.15. The molecule has 0 aliphatic carbocycles. The van der Waals surface area contributed by atoms with E-state index >= 15 is 0 Å². The molecule has 0 radical (unpaired) electrons. The predicted molar refractivity (Wildman–Crippen MR) is 108 cm³/mol. The van der Waals surface area contributed by atoms with Crippen LogP contribution in [0.2, 0.25) is 0 Å². The van der Waals surface area contributed by atoms with E-state index in [9.17, 15) is 0 Å². The van der Waals surface area contributed by atoms with E-state index < -0.39 is 0 Å². The molecule has 0 bridgehead atoms. The van der Waals surface area contributed by atoms with Crippen LogP contribution in [-0.4, -0.2) is 18.6 Å². The fourth-order valence-electron chi connectivity index (χ4n) is 2.26. The highest BCUT2D eigenvalue weighted by molar-refractivity contribution is 9.11. The maximum Gasteiger partial charge on any atom is 0.148 e. The van der Waals surface area contributed by atoms with Crippen LogP contribution in [0.5, 0.6) is 11.5 Å². The molecule has 7 heteroatoms. The van der Waals surface area contributed by atoms with Gasteiger partial charge in [-0.3, -0.25) is 0 Å². The van der Waals surface area contributed by atoms with Crippen LogP contribution in [0.1, 0.15) is 18.1 Å². The number of hydrogen-bond acceptors (Lipinski definition) is 3. The Balaban J connectivity index is 0.00000288. The van der Waals surface area contributed by atoms with Crippen molar-refractivity contribution in [3.05, 3.63) is 54.9 Å². The first-order valence-corrected chi connectivity index (χ1v) is 9.47. The molecule has 0 fully saturated rings. The third-order valence-electron chi connectivity index (χ3n) is 3.24. The van der Waals surface area contributed by atoms with Crippen molar-refractivity contribution in [3.63, 3.8) is 0 Å². The van der Waals surface area contributed by atoms with Gasteiger partial charge in [-0.05, 0) is 75.0 Å². The summed E-state index contributed by atoms with van der Waals surface area (Å²) in [4.78, 5) is 0. The van der Waals surface area contributed by atoms with Gasteiger partial charge >= 0.3 is 0 Å². The van der Waals surface area contributed by atoms with Crippen molar-refractivity contribution in [3.8, 4) is 11.5 Å². The van der Waals surface area contributed by atoms with E-state index in [-0.39, 0.29) is 11.5 Å². The summed E-state index contributed by atoms with van der Waals surface area (Å²) in [5.41, 5.74) is 8.05. The van der Waals surface area contributed by atoms with Crippen molar-refractivity contribution in [1.82, 2.24) is 0 Å². The van der Waals surface area contributed by atoms with Crippen molar-refractivity contribution in [2.24, 2.45) is 5.73 Å². The van der Waals surface area contributed by atoms with E-state index in [2.05, 4.69) is 53.9 Å². The molecule has 2 aromatic carbocycles. The lowest BCUT2D eigenvalue weighted by Crippen LogP contribution is -2.17. The lowest BCUT2D eigenvalue weighted by atomic mass is 10.0. The molecule has 2 aromatic rings. The van der Waals surface area contributed by atoms with Gasteiger partial charge in [-0.15, -0.1) is 0 Å². The molecule has 24 heavy (non-hydrogen) atoms. The Morgan fingerprint density at radius 3 is 2.25 bits per heavy atom. The first-order chi connectivity index (χ1) is 10.9. The zero-order valence-corrected chi connectivity index (χ0v) is 18.2. The lowest BCUT2D eigenvalue weighted by molar-refractivity contribution is 0.293. The standard InChI is InChI=1S/C17H18Br3NO2.H2O/c1-10(21)5-11-3-4-16(22-2)12(6-11)9-23-17-14(19)7-13(18)8-15(17)20;/h3-4,6-8,10H,5,9,21H2,1-2H3;1H2. The molecule has 0 aliphatic rings. The molecule has 132 valence electrons. The second-order valence-electron chi connectivity index (χ2n) is 5.31. The fraction of sp³-hybridized carbons (Fsp3) is 0.294. The van der Waals surface area contributed by atoms with Gasteiger partial charge in [0.15, 0.2) is 0 Å². The molecular weight excluding hydrogens is 506 g/mol. The summed E-state index contributed by atoms with van der Waals surface area (Å²) in [5.74, 6) is 1.57. The molecular formula is C17H20Br3NO3. The Labute approximate surface area is 167 Å². The summed E-state index contributed by atoms with van der Waals surface area (Å²) in [6.45, 7) is 2.41. The minimum atomic E-state index is 0. The molecule has 0 amide bonds. The van der Waals surface area contributed by atoms with Gasteiger partial charge in [0.25, 0.3) is 0 Å². The molecule has 0 aliphatic heterocycles. The predicted octanol–water partition coefficient (Wildman–Crippen LogP) is 4.63. The minimum Gasteiger partial charge on any atom is -0.496 e. The third kappa shape index (κ3) is 5.74. The van der Waals surface area contributed by atoms with E-state index in [1.165, 1.54) is 5.56 Å². The maximum absolute atomic E-state index is 5.99. The minimum absolute atomic E-state index is 0. The molecule has 0 spiro atoms. The Kier molecular flexibility index (Phi) is 8.73. The Hall–Kier alpha value is -0.600. The quantitative estimate of drug-likeness (QED) is 0.597. The van der Waals surface area contributed by atoms with Crippen molar-refractivity contribution in [2.45, 2.75) is 26.0 Å². The highest BCUT2D eigenvalue weighted by Gasteiger charge is 2.11. The zero-order chi connectivity index (χ0) is 17.0. The van der Waals surface area contributed by atoms with E-state index in [4.69, 9.17) is 15.2 Å². The van der Waals surface area contributed by atoms with Crippen molar-refractivity contribution in [2.75, 3.05) is 7.11 Å². The van der Waals surface area contributed by atoms with Gasteiger partial charge in [-0.25, -0.2) is 0 Å². The molecule has 4 N–H and O–H groups in total. The Morgan fingerprint density at radius 1 is 1.08 bits per heavy atom. The van der Waals surface area contributed by atoms with Gasteiger partial charge in [0, 0.05) is 16.1 Å². The van der Waals surface area contributed by atoms with E-state index in [1.54, 1.807) is 7.11 Å². The largest absolute Gasteiger partial charge is 0.496 e. The summed E-state index contributed by atoms with van der Waals surface area (Å²) in [7, 11) is 1.66. The van der Waals surface area contributed by atoms with Crippen LogP contribution in [0.25, 0.3) is 0 Å². The second kappa shape index (κ2) is 9.77. The van der Waals surface area contributed by atoms with Crippen LogP contribution in [0.3, 0.4) is 0 Å². The second-order valence-corrected chi connectivity index (χ2v) is 7.94. The summed E-state index contributed by atoms with van der Waals surface area (Å²) >= 11 is 10.5. The molecule has 0 heterocycles. The average molecular weight is 526 g/mol. The van der Waals surface area contributed by atoms with Gasteiger partial charge in [0.2, 0.25) is 0 Å². The van der Waals surface area contributed by atoms with Crippen LogP contribution in [0, 0.1) is 0 Å². The van der Waals surface area contributed by atoms with Crippen LogP contribution < -0.4 is 15.2 Å². The Morgan fingerprint density at radius 2 is 1.71 bits per heavy atom. The van der Waals surface area contributed by atoms with E-state index in [0.717, 1.165) is 36.9 Å². The molecule has 2 rings (SSSR count). The van der Waals surface area contributed by atoms with Crippen LogP contribution >= 0.6 is 47.8 Å².